The topological polar surface area (TPSA) is 63.8 Å². The smallest absolute Gasteiger partial charge is 0.123 e. The van der Waals surface area contributed by atoms with E-state index in [1.807, 2.05) is 18.3 Å². The van der Waals surface area contributed by atoms with E-state index >= 15 is 0 Å². The number of nitrogens with one attached hydrogen (secondary N) is 1. The van der Waals surface area contributed by atoms with Crippen molar-refractivity contribution < 1.29 is 0 Å². The van der Waals surface area contributed by atoms with Gasteiger partial charge < -0.3 is 11.1 Å². The van der Waals surface area contributed by atoms with E-state index in [-0.39, 0.29) is 6.04 Å². The third-order valence-corrected chi connectivity index (χ3v) is 4.32. The second-order valence-electron chi connectivity index (χ2n) is 4.98. The number of nitrogens with two attached hydrogens (primary N) is 1. The first-order valence-electron chi connectivity index (χ1n) is 7.03. The highest BCUT2D eigenvalue weighted by Gasteiger charge is 2.13. The predicted octanol–water partition coefficient (Wildman–Crippen LogP) is 3.17. The summed E-state index contributed by atoms with van der Waals surface area (Å²) >= 11 is 1.73. The maximum Gasteiger partial charge on any atom is 0.123 e. The zero-order valence-corrected chi connectivity index (χ0v) is 12.7. The number of likely N-dealkylation sites (N-methyl/N-ethyl adjacent to an activating group) is 1. The second-order valence-corrected chi connectivity index (χ2v) is 5.92. The standard InChI is InChI=1S/C16H18N4S/c1-2-18-14(7-11-3-5-19-16(17)8-11)12-9-15-13(20-10-12)4-6-21-15/h3-6,8-10,14,18H,2,7H2,1H3,(H2,17,19). The van der Waals surface area contributed by atoms with E-state index in [1.165, 1.54) is 15.8 Å². The Hall–Kier alpha value is -1.98. The molecule has 3 aromatic heterocycles. The van der Waals surface area contributed by atoms with E-state index in [1.54, 1.807) is 17.5 Å². The zero-order chi connectivity index (χ0) is 14.7. The van der Waals surface area contributed by atoms with Crippen LogP contribution in [0.5, 0.6) is 0 Å². The van der Waals surface area contributed by atoms with Gasteiger partial charge >= 0.3 is 0 Å². The van der Waals surface area contributed by atoms with Crippen LogP contribution in [-0.4, -0.2) is 16.5 Å². The largest absolute Gasteiger partial charge is 0.384 e. The van der Waals surface area contributed by atoms with Gasteiger partial charge in [0.05, 0.1) is 10.2 Å². The lowest BCUT2D eigenvalue weighted by Crippen LogP contribution is -2.23. The van der Waals surface area contributed by atoms with Gasteiger partial charge in [-0.2, -0.15) is 0 Å². The van der Waals surface area contributed by atoms with Crippen molar-refractivity contribution >= 4 is 27.4 Å². The van der Waals surface area contributed by atoms with Crippen LogP contribution < -0.4 is 11.1 Å². The molecule has 3 N–H and O–H groups in total. The van der Waals surface area contributed by atoms with Gasteiger partial charge in [0.1, 0.15) is 5.82 Å². The molecule has 3 heterocycles. The minimum absolute atomic E-state index is 0.232. The van der Waals surface area contributed by atoms with Gasteiger partial charge in [-0.25, -0.2) is 4.98 Å². The molecular formula is C16H18N4S. The molecule has 21 heavy (non-hydrogen) atoms. The Morgan fingerprint density at radius 2 is 2.19 bits per heavy atom. The molecule has 0 spiro atoms. The number of nitrogen functional groups attached to an aromatic ring is 1. The van der Waals surface area contributed by atoms with Crippen LogP contribution in [0.4, 0.5) is 5.82 Å². The summed E-state index contributed by atoms with van der Waals surface area (Å²) in [5, 5.41) is 5.60. The Morgan fingerprint density at radius 3 is 3.00 bits per heavy atom. The van der Waals surface area contributed by atoms with Crippen LogP contribution in [0.1, 0.15) is 24.1 Å². The Bertz CT molecular complexity index is 738. The molecule has 0 amide bonds. The summed E-state index contributed by atoms with van der Waals surface area (Å²) in [6.45, 7) is 3.03. The van der Waals surface area contributed by atoms with Crippen LogP contribution in [0.15, 0.2) is 42.0 Å². The molecule has 0 aromatic carbocycles. The van der Waals surface area contributed by atoms with Gasteiger partial charge in [-0.05, 0) is 53.7 Å². The minimum atomic E-state index is 0.232. The lowest BCUT2D eigenvalue weighted by atomic mass is 10.0. The molecule has 0 aliphatic heterocycles. The molecule has 5 heteroatoms. The SMILES string of the molecule is CCNC(Cc1ccnc(N)c1)c1cnc2ccsc2c1. The van der Waals surface area contributed by atoms with Crippen LogP contribution >= 0.6 is 11.3 Å². The van der Waals surface area contributed by atoms with Gasteiger partial charge in [-0.3, -0.25) is 4.98 Å². The summed E-state index contributed by atoms with van der Waals surface area (Å²) in [6.07, 6.45) is 4.60. The van der Waals surface area contributed by atoms with Gasteiger partial charge in [-0.1, -0.05) is 6.92 Å². The van der Waals surface area contributed by atoms with Crippen LogP contribution in [0, 0.1) is 0 Å². The number of hydrogen-bond donors (Lipinski definition) is 2. The molecule has 0 fully saturated rings. The highest BCUT2D eigenvalue weighted by atomic mass is 32.1. The summed E-state index contributed by atoms with van der Waals surface area (Å²) < 4.78 is 1.23. The number of pyridine rings is 2. The molecule has 0 saturated heterocycles. The fraction of sp³-hybridized carbons (Fsp3) is 0.250. The Labute approximate surface area is 128 Å². The molecule has 0 aliphatic carbocycles. The first kappa shape index (κ1) is 14.0. The number of aromatic nitrogens is 2. The normalized spacial score (nSPS) is 12.6. The molecule has 0 aliphatic rings. The van der Waals surface area contributed by atoms with Crippen molar-refractivity contribution in [1.29, 1.82) is 0 Å². The number of anilines is 1. The molecule has 0 saturated carbocycles. The third-order valence-electron chi connectivity index (χ3n) is 3.46. The van der Waals surface area contributed by atoms with Crippen molar-refractivity contribution in [3.8, 4) is 0 Å². The predicted molar refractivity (Wildman–Crippen MR) is 88.4 cm³/mol. The maximum absolute atomic E-state index is 5.77. The minimum Gasteiger partial charge on any atom is -0.384 e. The number of hydrogen-bond acceptors (Lipinski definition) is 5. The van der Waals surface area contributed by atoms with Crippen molar-refractivity contribution in [2.75, 3.05) is 12.3 Å². The lowest BCUT2D eigenvalue weighted by molar-refractivity contribution is 0.549. The average molecular weight is 298 g/mol. The fourth-order valence-electron chi connectivity index (χ4n) is 2.46. The summed E-state index contributed by atoms with van der Waals surface area (Å²) in [5.74, 6) is 0.564. The average Bonchev–Trinajstić information content (AvgIpc) is 2.94. The van der Waals surface area contributed by atoms with Crippen molar-refractivity contribution in [2.24, 2.45) is 0 Å². The van der Waals surface area contributed by atoms with Crippen LogP contribution in [0.3, 0.4) is 0 Å². The molecule has 1 unspecified atom stereocenters. The first-order chi connectivity index (χ1) is 10.3. The molecule has 0 radical (unpaired) electrons. The molecular weight excluding hydrogens is 280 g/mol. The van der Waals surface area contributed by atoms with Crippen molar-refractivity contribution in [3.05, 3.63) is 53.2 Å². The van der Waals surface area contributed by atoms with E-state index < -0.39 is 0 Å². The fourth-order valence-corrected chi connectivity index (χ4v) is 3.25. The van der Waals surface area contributed by atoms with E-state index in [0.29, 0.717) is 5.82 Å². The number of rotatable bonds is 5. The highest BCUT2D eigenvalue weighted by Crippen LogP contribution is 2.25. The number of nitrogens with zero attached hydrogens (tertiary/aromatic N) is 2. The third kappa shape index (κ3) is 3.20. The summed E-state index contributed by atoms with van der Waals surface area (Å²) in [7, 11) is 0. The van der Waals surface area contributed by atoms with E-state index in [9.17, 15) is 0 Å². The van der Waals surface area contributed by atoms with E-state index in [4.69, 9.17) is 5.73 Å². The Balaban J connectivity index is 1.89. The molecule has 3 aromatic rings. The molecule has 4 nitrogen and oxygen atoms in total. The van der Waals surface area contributed by atoms with E-state index in [0.717, 1.165) is 18.5 Å². The second kappa shape index (κ2) is 6.20. The Morgan fingerprint density at radius 1 is 1.29 bits per heavy atom. The summed E-state index contributed by atoms with van der Waals surface area (Å²) in [5.41, 5.74) is 9.22. The number of fused-ring (bicyclic) bond motifs is 1. The summed E-state index contributed by atoms with van der Waals surface area (Å²) in [4.78, 5) is 8.58. The monoisotopic (exact) mass is 298 g/mol. The van der Waals surface area contributed by atoms with Crippen LogP contribution in [-0.2, 0) is 6.42 Å². The van der Waals surface area contributed by atoms with Crippen molar-refractivity contribution in [2.45, 2.75) is 19.4 Å². The van der Waals surface area contributed by atoms with Gasteiger partial charge in [0, 0.05) is 18.4 Å². The van der Waals surface area contributed by atoms with Crippen molar-refractivity contribution in [1.82, 2.24) is 15.3 Å². The van der Waals surface area contributed by atoms with Crippen LogP contribution in [0.2, 0.25) is 0 Å². The molecule has 1 atom stereocenters. The van der Waals surface area contributed by atoms with Gasteiger partial charge in [0.2, 0.25) is 0 Å². The maximum atomic E-state index is 5.77. The van der Waals surface area contributed by atoms with Crippen molar-refractivity contribution in [3.63, 3.8) is 0 Å². The lowest BCUT2D eigenvalue weighted by Gasteiger charge is -2.18. The quantitative estimate of drug-likeness (QED) is 0.759. The van der Waals surface area contributed by atoms with Gasteiger partial charge in [0.25, 0.3) is 0 Å². The zero-order valence-electron chi connectivity index (χ0n) is 11.9. The number of thiophene rings is 1. The summed E-state index contributed by atoms with van der Waals surface area (Å²) in [6, 6.07) is 8.45. The molecule has 0 bridgehead atoms. The highest BCUT2D eigenvalue weighted by molar-refractivity contribution is 7.17. The molecule has 108 valence electrons. The van der Waals surface area contributed by atoms with Crippen LogP contribution in [0.25, 0.3) is 10.2 Å². The molecule has 3 rings (SSSR count). The first-order valence-corrected chi connectivity index (χ1v) is 7.91. The van der Waals surface area contributed by atoms with Gasteiger partial charge in [0.15, 0.2) is 0 Å². The Kier molecular flexibility index (Phi) is 4.13. The van der Waals surface area contributed by atoms with E-state index in [2.05, 4.69) is 39.7 Å². The van der Waals surface area contributed by atoms with Gasteiger partial charge in [-0.15, -0.1) is 11.3 Å².